The number of sulfonamides is 1. The van der Waals surface area contributed by atoms with Crippen LogP contribution in [0.15, 0.2) is 52.2 Å². The lowest BCUT2D eigenvalue weighted by Crippen LogP contribution is -2.45. The van der Waals surface area contributed by atoms with Crippen LogP contribution in [0, 0.1) is 0 Å². The highest BCUT2D eigenvalue weighted by Gasteiger charge is 2.32. The zero-order valence-electron chi connectivity index (χ0n) is 17.4. The molecule has 1 amide bonds. The molecule has 1 aliphatic carbocycles. The van der Waals surface area contributed by atoms with Gasteiger partial charge >= 0.3 is 5.69 Å². The lowest BCUT2D eigenvalue weighted by molar-refractivity contribution is 0.0910. The van der Waals surface area contributed by atoms with Crippen molar-refractivity contribution < 1.29 is 13.2 Å². The fourth-order valence-electron chi connectivity index (χ4n) is 4.26. The highest BCUT2D eigenvalue weighted by atomic mass is 32.2. The summed E-state index contributed by atoms with van der Waals surface area (Å²) >= 11 is 0. The lowest BCUT2D eigenvalue weighted by Gasteiger charge is -2.32. The van der Waals surface area contributed by atoms with Gasteiger partial charge in [0.25, 0.3) is 15.9 Å². The van der Waals surface area contributed by atoms with Crippen molar-refractivity contribution in [1.29, 1.82) is 0 Å². The number of piperidine rings is 1. The molecule has 0 atom stereocenters. The predicted molar refractivity (Wildman–Crippen MR) is 121 cm³/mol. The summed E-state index contributed by atoms with van der Waals surface area (Å²) in [6.45, 7) is 1.96. The molecule has 2 heterocycles. The van der Waals surface area contributed by atoms with Crippen molar-refractivity contribution in [2.75, 3.05) is 17.8 Å². The number of amides is 1. The number of hydrogen-bond donors (Lipinski definition) is 4. The van der Waals surface area contributed by atoms with E-state index in [0.29, 0.717) is 11.0 Å². The van der Waals surface area contributed by atoms with Gasteiger partial charge in [-0.05, 0) is 56.0 Å². The normalized spacial score (nSPS) is 18.0. The van der Waals surface area contributed by atoms with Gasteiger partial charge in [-0.1, -0.05) is 12.1 Å². The minimum Gasteiger partial charge on any atom is -0.349 e. The van der Waals surface area contributed by atoms with Crippen LogP contribution in [-0.2, 0) is 10.0 Å². The third-order valence-corrected chi connectivity index (χ3v) is 7.50. The van der Waals surface area contributed by atoms with E-state index in [1.54, 1.807) is 24.3 Å². The van der Waals surface area contributed by atoms with Crippen molar-refractivity contribution in [2.45, 2.75) is 42.7 Å². The number of aromatic nitrogens is 2. The van der Waals surface area contributed by atoms with E-state index in [1.165, 1.54) is 31.0 Å². The molecule has 1 saturated heterocycles. The first-order valence-electron chi connectivity index (χ1n) is 10.8. The number of aromatic amines is 2. The van der Waals surface area contributed by atoms with Gasteiger partial charge < -0.3 is 20.2 Å². The Balaban J connectivity index is 1.32. The van der Waals surface area contributed by atoms with E-state index in [0.717, 1.165) is 32.0 Å². The van der Waals surface area contributed by atoms with Gasteiger partial charge in [0.15, 0.2) is 0 Å². The zero-order valence-corrected chi connectivity index (χ0v) is 18.2. The topological polar surface area (TPSA) is 127 Å². The third-order valence-electron chi connectivity index (χ3n) is 6.14. The maximum absolute atomic E-state index is 13.0. The number of benzene rings is 2. The number of fused-ring (bicyclic) bond motifs is 1. The first-order chi connectivity index (χ1) is 15.4. The van der Waals surface area contributed by atoms with Crippen LogP contribution in [0.4, 0.5) is 5.69 Å². The van der Waals surface area contributed by atoms with Crippen LogP contribution in [0.2, 0.25) is 0 Å². The van der Waals surface area contributed by atoms with Gasteiger partial charge in [-0.2, -0.15) is 0 Å². The molecule has 10 heteroatoms. The molecule has 0 radical (unpaired) electrons. The van der Waals surface area contributed by atoms with Crippen molar-refractivity contribution in [3.8, 4) is 0 Å². The first kappa shape index (κ1) is 20.8. The minimum atomic E-state index is -3.97. The molecule has 2 fully saturated rings. The predicted octanol–water partition coefficient (Wildman–Crippen LogP) is 2.01. The summed E-state index contributed by atoms with van der Waals surface area (Å²) in [5, 5.41) is 3.06. The number of H-pyrrole nitrogens is 2. The molecule has 0 bridgehead atoms. The van der Waals surface area contributed by atoms with Gasteiger partial charge in [0.05, 0.1) is 27.2 Å². The Morgan fingerprint density at radius 3 is 2.44 bits per heavy atom. The Morgan fingerprint density at radius 2 is 1.69 bits per heavy atom. The lowest BCUT2D eigenvalue weighted by atomic mass is 10.0. The maximum atomic E-state index is 13.0. The molecule has 1 aliphatic heterocycles. The summed E-state index contributed by atoms with van der Waals surface area (Å²) in [5.41, 5.74) is 0.982. The average Bonchev–Trinajstić information content (AvgIpc) is 3.54. The van der Waals surface area contributed by atoms with Crippen LogP contribution < -0.4 is 15.7 Å². The standard InChI is InChI=1S/C22H25N5O4S/c28-21(23-14-9-11-27(12-10-14)15-5-6-15)17-3-1-2-4-18(17)26-32(30,31)16-7-8-19-20(13-16)25-22(29)24-19/h1-4,7-8,13-15,26H,5-6,9-12H2,(H,23,28)(H2,24,25,29). The van der Waals surface area contributed by atoms with Gasteiger partial charge in [-0.25, -0.2) is 13.2 Å². The number of hydrogen-bond acceptors (Lipinski definition) is 5. The van der Waals surface area contributed by atoms with Crippen molar-refractivity contribution in [2.24, 2.45) is 0 Å². The summed E-state index contributed by atoms with van der Waals surface area (Å²) in [6.07, 6.45) is 4.34. The quantitative estimate of drug-likeness (QED) is 0.452. The number of likely N-dealkylation sites (tertiary alicyclic amines) is 1. The molecule has 2 aromatic carbocycles. The monoisotopic (exact) mass is 455 g/mol. The van der Waals surface area contributed by atoms with E-state index in [-0.39, 0.29) is 28.1 Å². The van der Waals surface area contributed by atoms with Gasteiger partial charge in [-0.3, -0.25) is 9.52 Å². The van der Waals surface area contributed by atoms with Crippen LogP contribution in [-0.4, -0.2) is 54.4 Å². The molecule has 4 N–H and O–H groups in total. The van der Waals surface area contributed by atoms with Crippen molar-refractivity contribution in [1.82, 2.24) is 20.2 Å². The van der Waals surface area contributed by atoms with Gasteiger partial charge in [-0.15, -0.1) is 0 Å². The van der Waals surface area contributed by atoms with E-state index < -0.39 is 15.7 Å². The number of imidazole rings is 1. The Bertz CT molecular complexity index is 1320. The summed E-state index contributed by atoms with van der Waals surface area (Å²) in [4.78, 5) is 32.0. The molecule has 168 valence electrons. The molecule has 1 aromatic heterocycles. The molecule has 3 aromatic rings. The van der Waals surface area contributed by atoms with Gasteiger partial charge in [0.1, 0.15) is 0 Å². The van der Waals surface area contributed by atoms with Gasteiger partial charge in [0.2, 0.25) is 0 Å². The summed E-state index contributed by atoms with van der Waals surface area (Å²) in [5.74, 6) is -0.293. The Hall–Kier alpha value is -3.11. The highest BCUT2D eigenvalue weighted by molar-refractivity contribution is 7.92. The average molecular weight is 456 g/mol. The van der Waals surface area contributed by atoms with Crippen LogP contribution in [0.1, 0.15) is 36.0 Å². The zero-order chi connectivity index (χ0) is 22.3. The molecule has 0 unspecified atom stereocenters. The van der Waals surface area contributed by atoms with Crippen LogP contribution in [0.25, 0.3) is 11.0 Å². The third kappa shape index (κ3) is 4.28. The molecule has 2 aliphatic rings. The number of carbonyl (C=O) groups excluding carboxylic acids is 1. The molecule has 32 heavy (non-hydrogen) atoms. The Kier molecular flexibility index (Phi) is 5.26. The van der Waals surface area contributed by atoms with Crippen molar-refractivity contribution in [3.63, 3.8) is 0 Å². The molecule has 0 spiro atoms. The largest absolute Gasteiger partial charge is 0.349 e. The molecular formula is C22H25N5O4S. The van der Waals surface area contributed by atoms with E-state index in [9.17, 15) is 18.0 Å². The Labute approximate surface area is 185 Å². The summed E-state index contributed by atoms with van der Waals surface area (Å²) in [7, 11) is -3.97. The summed E-state index contributed by atoms with van der Waals surface area (Å²) in [6, 6.07) is 11.7. The van der Waals surface area contributed by atoms with Crippen molar-refractivity contribution >= 4 is 32.7 Å². The molecule has 5 rings (SSSR count). The molecule has 9 nitrogen and oxygen atoms in total. The van der Waals surface area contributed by atoms with Crippen molar-refractivity contribution in [3.05, 3.63) is 58.5 Å². The fraction of sp³-hybridized carbons (Fsp3) is 0.364. The number of nitrogens with zero attached hydrogens (tertiary/aromatic N) is 1. The van der Waals surface area contributed by atoms with Crippen LogP contribution in [0.5, 0.6) is 0 Å². The van der Waals surface area contributed by atoms with E-state index in [4.69, 9.17) is 0 Å². The van der Waals surface area contributed by atoms with Crippen LogP contribution in [0.3, 0.4) is 0 Å². The SMILES string of the molecule is O=C(NC1CCN(C2CC2)CC1)c1ccccc1NS(=O)(=O)c1ccc2[nH]c(=O)[nH]c2c1. The number of nitrogens with one attached hydrogen (secondary N) is 4. The second-order valence-corrected chi connectivity index (χ2v) is 10.1. The Morgan fingerprint density at radius 1 is 0.969 bits per heavy atom. The second kappa shape index (κ2) is 8.10. The van der Waals surface area contributed by atoms with E-state index in [2.05, 4.69) is 24.9 Å². The fourth-order valence-corrected chi connectivity index (χ4v) is 5.37. The summed E-state index contributed by atoms with van der Waals surface area (Å²) < 4.78 is 28.5. The first-order valence-corrected chi connectivity index (χ1v) is 12.3. The maximum Gasteiger partial charge on any atom is 0.323 e. The number of carbonyl (C=O) groups is 1. The highest BCUT2D eigenvalue weighted by Crippen LogP contribution is 2.29. The van der Waals surface area contributed by atoms with E-state index >= 15 is 0 Å². The van der Waals surface area contributed by atoms with Crippen LogP contribution >= 0.6 is 0 Å². The number of para-hydroxylation sites is 1. The minimum absolute atomic E-state index is 0.0112. The number of rotatable bonds is 6. The van der Waals surface area contributed by atoms with E-state index in [1.807, 2.05) is 0 Å². The molecule has 1 saturated carbocycles. The second-order valence-electron chi connectivity index (χ2n) is 8.45. The smallest absolute Gasteiger partial charge is 0.323 e. The van der Waals surface area contributed by atoms with Gasteiger partial charge in [0, 0.05) is 25.2 Å². The number of anilines is 1. The molecular weight excluding hydrogens is 430 g/mol.